The van der Waals surface area contributed by atoms with E-state index in [4.69, 9.17) is 4.74 Å². The van der Waals surface area contributed by atoms with E-state index in [2.05, 4.69) is 13.8 Å². The Bertz CT molecular complexity index is 680. The maximum absolute atomic E-state index is 11.8. The zero-order valence-corrected chi connectivity index (χ0v) is 15.6. The van der Waals surface area contributed by atoms with Crippen LogP contribution < -0.4 is 0 Å². The number of carboxylic acid groups (broad SMARTS) is 1. The van der Waals surface area contributed by atoms with Crippen LogP contribution in [-0.4, -0.2) is 39.7 Å². The summed E-state index contributed by atoms with van der Waals surface area (Å²) in [5, 5.41) is 30.0. The SMILES string of the molecule is C[C@@H]1C[C@H](O)[C@@]2(C)C(C(=O)O)=CCC[C@@H]2[C@@]1(C)CCC1=C[C@H](O)OC1=O. The van der Waals surface area contributed by atoms with Crippen molar-refractivity contribution < 1.29 is 29.6 Å². The Kier molecular flexibility index (Phi) is 4.78. The summed E-state index contributed by atoms with van der Waals surface area (Å²) in [6.07, 6.45) is 4.51. The second kappa shape index (κ2) is 6.50. The lowest BCUT2D eigenvalue weighted by Crippen LogP contribution is -2.57. The number of aliphatic hydroxyl groups is 2. The second-order valence-corrected chi connectivity index (χ2v) is 8.48. The molecule has 0 unspecified atom stereocenters. The minimum atomic E-state index is -1.17. The van der Waals surface area contributed by atoms with Gasteiger partial charge in [0.2, 0.25) is 6.29 Å². The van der Waals surface area contributed by atoms with E-state index in [1.54, 1.807) is 6.08 Å². The number of fused-ring (bicyclic) bond motifs is 1. The highest BCUT2D eigenvalue weighted by Crippen LogP contribution is 2.62. The topological polar surface area (TPSA) is 104 Å². The predicted molar refractivity (Wildman–Crippen MR) is 93.9 cm³/mol. The number of cyclic esters (lactones) is 1. The highest BCUT2D eigenvalue weighted by molar-refractivity contribution is 5.90. The first-order chi connectivity index (χ1) is 12.1. The summed E-state index contributed by atoms with van der Waals surface area (Å²) in [6.45, 7) is 6.12. The molecule has 0 saturated heterocycles. The highest BCUT2D eigenvalue weighted by Gasteiger charge is 2.59. The average molecular weight is 364 g/mol. The van der Waals surface area contributed by atoms with Crippen molar-refractivity contribution >= 4 is 11.9 Å². The third-order valence-electron chi connectivity index (χ3n) is 7.30. The number of esters is 1. The number of ether oxygens (including phenoxy) is 1. The van der Waals surface area contributed by atoms with Gasteiger partial charge in [-0.25, -0.2) is 9.59 Å². The van der Waals surface area contributed by atoms with Crippen molar-refractivity contribution in [2.75, 3.05) is 0 Å². The number of allylic oxidation sites excluding steroid dienone is 1. The van der Waals surface area contributed by atoms with Crippen molar-refractivity contribution in [2.45, 2.75) is 65.3 Å². The molecule has 6 atom stereocenters. The zero-order chi connectivity index (χ0) is 19.3. The van der Waals surface area contributed by atoms with Gasteiger partial charge in [0, 0.05) is 16.6 Å². The number of hydrogen-bond acceptors (Lipinski definition) is 5. The molecule has 26 heavy (non-hydrogen) atoms. The maximum Gasteiger partial charge on any atom is 0.336 e. The largest absolute Gasteiger partial charge is 0.478 e. The van der Waals surface area contributed by atoms with Crippen LogP contribution in [0.5, 0.6) is 0 Å². The molecule has 0 aromatic heterocycles. The monoisotopic (exact) mass is 364 g/mol. The molecule has 2 aliphatic carbocycles. The molecular formula is C20H28O6. The van der Waals surface area contributed by atoms with Crippen molar-refractivity contribution in [3.8, 4) is 0 Å². The summed E-state index contributed by atoms with van der Waals surface area (Å²) < 4.78 is 4.76. The van der Waals surface area contributed by atoms with Crippen LogP contribution in [0.4, 0.5) is 0 Å². The first-order valence-corrected chi connectivity index (χ1v) is 9.32. The second-order valence-electron chi connectivity index (χ2n) is 8.48. The Morgan fingerprint density at radius 3 is 2.62 bits per heavy atom. The first kappa shape index (κ1) is 19.1. The van der Waals surface area contributed by atoms with E-state index < -0.39 is 29.7 Å². The summed E-state index contributed by atoms with van der Waals surface area (Å²) in [6, 6.07) is 0. The Morgan fingerprint density at radius 2 is 2.04 bits per heavy atom. The van der Waals surface area contributed by atoms with Crippen LogP contribution in [-0.2, 0) is 14.3 Å². The van der Waals surface area contributed by atoms with E-state index in [0.29, 0.717) is 36.8 Å². The number of rotatable bonds is 4. The normalized spacial score (nSPS) is 42.6. The van der Waals surface area contributed by atoms with E-state index in [9.17, 15) is 24.9 Å². The molecule has 3 rings (SSSR count). The summed E-state index contributed by atoms with van der Waals surface area (Å²) >= 11 is 0. The standard InChI is InChI=1S/C20H28O6/c1-11-9-15(21)20(3)13(17(23)24)5-4-6-14(20)19(11,2)8-7-12-10-16(22)26-18(12)25/h5,10-11,14-16,21-22H,4,6-9H2,1-3H3,(H,23,24)/t11-,14-,15+,16-,19+,20+/m1/s1. The number of carbonyl (C=O) groups excluding carboxylic acids is 1. The maximum atomic E-state index is 11.8. The fraction of sp³-hybridized carbons (Fsp3) is 0.700. The zero-order valence-electron chi connectivity index (χ0n) is 15.6. The molecule has 0 bridgehead atoms. The van der Waals surface area contributed by atoms with Gasteiger partial charge in [0.15, 0.2) is 0 Å². The molecule has 0 aromatic carbocycles. The van der Waals surface area contributed by atoms with Crippen molar-refractivity contribution in [2.24, 2.45) is 22.7 Å². The van der Waals surface area contributed by atoms with Gasteiger partial charge in [0.25, 0.3) is 0 Å². The van der Waals surface area contributed by atoms with Gasteiger partial charge in [-0.05, 0) is 55.4 Å². The number of aliphatic hydroxyl groups excluding tert-OH is 2. The van der Waals surface area contributed by atoms with Crippen LogP contribution in [0.25, 0.3) is 0 Å². The van der Waals surface area contributed by atoms with Crippen molar-refractivity contribution in [1.82, 2.24) is 0 Å². The molecule has 1 fully saturated rings. The molecule has 0 aromatic rings. The molecule has 0 spiro atoms. The average Bonchev–Trinajstić information content (AvgIpc) is 2.88. The van der Waals surface area contributed by atoms with Gasteiger partial charge in [-0.2, -0.15) is 0 Å². The summed E-state index contributed by atoms with van der Waals surface area (Å²) in [5.41, 5.74) is -0.231. The van der Waals surface area contributed by atoms with E-state index in [1.165, 1.54) is 6.08 Å². The van der Waals surface area contributed by atoms with Crippen molar-refractivity contribution in [3.05, 3.63) is 23.3 Å². The number of hydrogen-bond donors (Lipinski definition) is 3. The lowest BCUT2D eigenvalue weighted by Gasteiger charge is -2.59. The van der Waals surface area contributed by atoms with Gasteiger partial charge >= 0.3 is 11.9 Å². The van der Waals surface area contributed by atoms with Crippen molar-refractivity contribution in [1.29, 1.82) is 0 Å². The Morgan fingerprint density at radius 1 is 1.35 bits per heavy atom. The fourth-order valence-corrected chi connectivity index (χ4v) is 5.51. The van der Waals surface area contributed by atoms with Crippen molar-refractivity contribution in [3.63, 3.8) is 0 Å². The molecule has 1 saturated carbocycles. The Balaban J connectivity index is 1.91. The third kappa shape index (κ3) is 2.79. The predicted octanol–water partition coefficient (Wildman–Crippen LogP) is 2.40. The molecule has 6 nitrogen and oxygen atoms in total. The molecule has 3 N–H and O–H groups in total. The minimum Gasteiger partial charge on any atom is -0.478 e. The van der Waals surface area contributed by atoms with Crippen LogP contribution in [0.15, 0.2) is 23.3 Å². The Hall–Kier alpha value is -1.66. The van der Waals surface area contributed by atoms with Gasteiger partial charge in [0.05, 0.1) is 6.10 Å². The molecule has 144 valence electrons. The summed E-state index contributed by atoms with van der Waals surface area (Å²) in [5.74, 6) is -1.25. The number of carboxylic acids is 1. The van der Waals surface area contributed by atoms with Gasteiger partial charge in [-0.15, -0.1) is 0 Å². The van der Waals surface area contributed by atoms with E-state index in [-0.39, 0.29) is 17.3 Å². The number of carbonyl (C=O) groups is 2. The molecule has 0 amide bonds. The lowest BCUT2D eigenvalue weighted by molar-refractivity contribution is -0.151. The summed E-state index contributed by atoms with van der Waals surface area (Å²) in [4.78, 5) is 23.6. The van der Waals surface area contributed by atoms with Crippen LogP contribution >= 0.6 is 0 Å². The van der Waals surface area contributed by atoms with Gasteiger partial charge in [0.1, 0.15) is 0 Å². The smallest absolute Gasteiger partial charge is 0.336 e. The molecule has 1 aliphatic heterocycles. The van der Waals surface area contributed by atoms with E-state index in [0.717, 1.165) is 6.42 Å². The van der Waals surface area contributed by atoms with Crippen LogP contribution in [0.2, 0.25) is 0 Å². The van der Waals surface area contributed by atoms with Crippen LogP contribution in [0.1, 0.15) is 52.9 Å². The van der Waals surface area contributed by atoms with Crippen LogP contribution in [0, 0.1) is 22.7 Å². The Labute approximate surface area is 153 Å². The quantitative estimate of drug-likeness (QED) is 0.662. The third-order valence-corrected chi connectivity index (χ3v) is 7.30. The highest BCUT2D eigenvalue weighted by atomic mass is 16.6. The first-order valence-electron chi connectivity index (χ1n) is 9.32. The lowest BCUT2D eigenvalue weighted by atomic mass is 9.45. The molecular weight excluding hydrogens is 336 g/mol. The molecule has 3 aliphatic rings. The van der Waals surface area contributed by atoms with Gasteiger partial charge < -0.3 is 20.1 Å². The van der Waals surface area contributed by atoms with E-state index >= 15 is 0 Å². The van der Waals surface area contributed by atoms with E-state index in [1.807, 2.05) is 6.92 Å². The summed E-state index contributed by atoms with van der Waals surface area (Å²) in [7, 11) is 0. The number of aliphatic carboxylic acids is 1. The van der Waals surface area contributed by atoms with Crippen LogP contribution in [0.3, 0.4) is 0 Å². The van der Waals surface area contributed by atoms with Gasteiger partial charge in [-0.1, -0.05) is 26.8 Å². The fourth-order valence-electron chi connectivity index (χ4n) is 5.51. The minimum absolute atomic E-state index is 0.00722. The molecule has 0 radical (unpaired) electrons. The van der Waals surface area contributed by atoms with Gasteiger partial charge in [-0.3, -0.25) is 0 Å². The molecule has 1 heterocycles. The molecule has 6 heteroatoms.